The van der Waals surface area contributed by atoms with Crippen LogP contribution in [0.25, 0.3) is 0 Å². The van der Waals surface area contributed by atoms with E-state index in [1.54, 1.807) is 0 Å². The number of nitrogens with zero attached hydrogens (tertiary/aromatic N) is 1. The van der Waals surface area contributed by atoms with Crippen molar-refractivity contribution in [2.75, 3.05) is 13.1 Å². The van der Waals surface area contributed by atoms with E-state index in [2.05, 4.69) is 0 Å². The summed E-state index contributed by atoms with van der Waals surface area (Å²) in [5, 5.41) is 17.9. The van der Waals surface area contributed by atoms with Gasteiger partial charge in [0.05, 0.1) is 6.10 Å². The van der Waals surface area contributed by atoms with Crippen molar-refractivity contribution in [2.24, 2.45) is 11.3 Å². The maximum Gasteiger partial charge on any atom is 0.407 e. The minimum Gasteiger partial charge on any atom is -0.465 e. The van der Waals surface area contributed by atoms with Crippen LogP contribution in [0.1, 0.15) is 13.3 Å². The summed E-state index contributed by atoms with van der Waals surface area (Å²) in [5.41, 5.74) is 0.123. The number of hydrogen-bond donors (Lipinski definition) is 2. The first-order chi connectivity index (χ1) is 5.55. The first-order valence-corrected chi connectivity index (χ1v) is 4.21. The molecule has 4 heteroatoms. The number of aliphatic hydroxyl groups is 1. The zero-order valence-corrected chi connectivity index (χ0v) is 7.03. The summed E-state index contributed by atoms with van der Waals surface area (Å²) in [7, 11) is 0. The fraction of sp³-hybridized carbons (Fsp3) is 0.875. The van der Waals surface area contributed by atoms with E-state index in [4.69, 9.17) is 5.11 Å². The Labute approximate surface area is 70.8 Å². The van der Waals surface area contributed by atoms with E-state index in [0.717, 1.165) is 6.42 Å². The molecule has 1 spiro atoms. The summed E-state index contributed by atoms with van der Waals surface area (Å²) < 4.78 is 0. The molecule has 2 fully saturated rings. The van der Waals surface area contributed by atoms with Crippen LogP contribution in [0.15, 0.2) is 0 Å². The zero-order chi connectivity index (χ0) is 8.93. The molecule has 2 N–H and O–H groups in total. The highest BCUT2D eigenvalue weighted by Gasteiger charge is 2.58. The van der Waals surface area contributed by atoms with Crippen LogP contribution in [0, 0.1) is 11.3 Å². The Morgan fingerprint density at radius 1 is 1.58 bits per heavy atom. The van der Waals surface area contributed by atoms with Crippen LogP contribution in [0.3, 0.4) is 0 Å². The van der Waals surface area contributed by atoms with Crippen molar-refractivity contribution in [1.82, 2.24) is 4.90 Å². The van der Waals surface area contributed by atoms with E-state index in [0.29, 0.717) is 13.1 Å². The molecule has 1 saturated heterocycles. The lowest BCUT2D eigenvalue weighted by molar-refractivity contribution is -0.167. The van der Waals surface area contributed by atoms with Gasteiger partial charge in [0.1, 0.15) is 0 Å². The first-order valence-electron chi connectivity index (χ1n) is 4.21. The maximum atomic E-state index is 10.5. The quantitative estimate of drug-likeness (QED) is 0.553. The molecule has 0 aromatic carbocycles. The molecule has 0 aromatic rings. The Balaban J connectivity index is 1.92. The van der Waals surface area contributed by atoms with Gasteiger partial charge in [0.2, 0.25) is 0 Å². The molecule has 1 heterocycles. The zero-order valence-electron chi connectivity index (χ0n) is 7.03. The fourth-order valence-corrected chi connectivity index (χ4v) is 2.29. The molecular weight excluding hydrogens is 158 g/mol. The Morgan fingerprint density at radius 2 is 2.17 bits per heavy atom. The molecule has 0 unspecified atom stereocenters. The van der Waals surface area contributed by atoms with Gasteiger partial charge in [0.25, 0.3) is 0 Å². The lowest BCUT2D eigenvalue weighted by Crippen LogP contribution is -2.69. The van der Waals surface area contributed by atoms with Crippen molar-refractivity contribution in [2.45, 2.75) is 19.4 Å². The minimum absolute atomic E-state index is 0.123. The predicted octanol–water partition coefficient (Wildman–Crippen LogP) is 0.367. The lowest BCUT2D eigenvalue weighted by Gasteiger charge is -2.61. The molecule has 1 amide bonds. The van der Waals surface area contributed by atoms with Gasteiger partial charge < -0.3 is 15.1 Å². The summed E-state index contributed by atoms with van der Waals surface area (Å²) in [6.07, 6.45) is -0.270. The highest BCUT2D eigenvalue weighted by atomic mass is 16.4. The largest absolute Gasteiger partial charge is 0.465 e. The van der Waals surface area contributed by atoms with Crippen molar-refractivity contribution in [3.05, 3.63) is 0 Å². The van der Waals surface area contributed by atoms with Crippen LogP contribution in [-0.4, -0.2) is 40.4 Å². The average Bonchev–Trinajstić information content (AvgIpc) is 1.93. The number of likely N-dealkylation sites (tertiary alicyclic amines) is 1. The predicted molar refractivity (Wildman–Crippen MR) is 41.8 cm³/mol. The van der Waals surface area contributed by atoms with E-state index in [9.17, 15) is 9.90 Å². The van der Waals surface area contributed by atoms with Gasteiger partial charge in [-0.1, -0.05) is 6.92 Å². The van der Waals surface area contributed by atoms with E-state index in [1.807, 2.05) is 6.92 Å². The normalized spacial score (nSPS) is 37.3. The molecule has 2 aliphatic rings. The van der Waals surface area contributed by atoms with Crippen molar-refractivity contribution < 1.29 is 15.0 Å². The second-order valence-electron chi connectivity index (χ2n) is 4.06. The van der Waals surface area contributed by atoms with Gasteiger partial charge in [0.15, 0.2) is 0 Å². The monoisotopic (exact) mass is 171 g/mol. The third kappa shape index (κ3) is 0.784. The molecule has 0 radical (unpaired) electrons. The molecule has 0 bridgehead atoms. The SMILES string of the molecule is C[C@H]1[C@H](O)CC12CN(C(=O)O)C2. The van der Waals surface area contributed by atoms with Crippen LogP contribution in [0.4, 0.5) is 4.79 Å². The maximum absolute atomic E-state index is 10.5. The minimum atomic E-state index is -0.839. The molecule has 12 heavy (non-hydrogen) atoms. The summed E-state index contributed by atoms with van der Waals surface area (Å²) in [5.74, 6) is 0.271. The van der Waals surface area contributed by atoms with Gasteiger partial charge in [-0.3, -0.25) is 0 Å². The molecule has 1 aliphatic carbocycles. The Bertz CT molecular complexity index is 222. The molecule has 0 aromatic heterocycles. The van der Waals surface area contributed by atoms with Crippen molar-refractivity contribution >= 4 is 6.09 Å². The van der Waals surface area contributed by atoms with Crippen molar-refractivity contribution in [3.8, 4) is 0 Å². The average molecular weight is 171 g/mol. The van der Waals surface area contributed by atoms with E-state index in [-0.39, 0.29) is 17.4 Å². The summed E-state index contributed by atoms with van der Waals surface area (Å²) >= 11 is 0. The molecule has 1 aliphatic heterocycles. The van der Waals surface area contributed by atoms with Crippen LogP contribution < -0.4 is 0 Å². The Morgan fingerprint density at radius 3 is 2.50 bits per heavy atom. The third-order valence-corrected chi connectivity index (χ3v) is 3.44. The topological polar surface area (TPSA) is 60.8 Å². The number of amides is 1. The molecule has 68 valence electrons. The second kappa shape index (κ2) is 2.13. The first kappa shape index (κ1) is 7.86. The lowest BCUT2D eigenvalue weighted by atomic mass is 9.55. The molecule has 2 rings (SSSR count). The van der Waals surface area contributed by atoms with Crippen LogP contribution >= 0.6 is 0 Å². The highest BCUT2D eigenvalue weighted by Crippen LogP contribution is 2.52. The summed E-state index contributed by atoms with van der Waals surface area (Å²) in [6.45, 7) is 3.22. The summed E-state index contributed by atoms with van der Waals surface area (Å²) in [6, 6.07) is 0. The smallest absolute Gasteiger partial charge is 0.407 e. The number of rotatable bonds is 0. The van der Waals surface area contributed by atoms with Gasteiger partial charge >= 0.3 is 6.09 Å². The highest BCUT2D eigenvalue weighted by molar-refractivity contribution is 5.66. The fourth-order valence-electron chi connectivity index (χ4n) is 2.29. The Hall–Kier alpha value is -0.770. The van der Waals surface area contributed by atoms with Crippen LogP contribution in [0.5, 0.6) is 0 Å². The molecular formula is C8H13NO3. The van der Waals surface area contributed by atoms with Gasteiger partial charge in [0, 0.05) is 18.5 Å². The van der Waals surface area contributed by atoms with Gasteiger partial charge in [-0.25, -0.2) is 4.79 Å². The van der Waals surface area contributed by atoms with E-state index < -0.39 is 6.09 Å². The molecule has 4 nitrogen and oxygen atoms in total. The van der Waals surface area contributed by atoms with Gasteiger partial charge in [-0.15, -0.1) is 0 Å². The number of carbonyl (C=O) groups is 1. The van der Waals surface area contributed by atoms with E-state index in [1.165, 1.54) is 4.90 Å². The second-order valence-corrected chi connectivity index (χ2v) is 4.06. The van der Waals surface area contributed by atoms with E-state index >= 15 is 0 Å². The van der Waals surface area contributed by atoms with Gasteiger partial charge in [-0.05, 0) is 12.3 Å². The van der Waals surface area contributed by atoms with Crippen molar-refractivity contribution in [1.29, 1.82) is 0 Å². The van der Waals surface area contributed by atoms with Crippen molar-refractivity contribution in [3.63, 3.8) is 0 Å². The van der Waals surface area contributed by atoms with Crippen LogP contribution in [0.2, 0.25) is 0 Å². The number of aliphatic hydroxyl groups excluding tert-OH is 1. The number of hydrogen-bond acceptors (Lipinski definition) is 2. The standard InChI is InChI=1S/C8H13NO3/c1-5-6(10)2-8(5)3-9(4-8)7(11)12/h5-6,10H,2-4H2,1H3,(H,11,12)/t5-,6+/m0/s1. The third-order valence-electron chi connectivity index (χ3n) is 3.44. The van der Waals surface area contributed by atoms with Gasteiger partial charge in [-0.2, -0.15) is 0 Å². The Kier molecular flexibility index (Phi) is 1.39. The molecule has 2 atom stereocenters. The summed E-state index contributed by atoms with van der Waals surface area (Å²) in [4.78, 5) is 11.9. The molecule has 1 saturated carbocycles. The van der Waals surface area contributed by atoms with Crippen LogP contribution in [-0.2, 0) is 0 Å². The number of carboxylic acid groups (broad SMARTS) is 1.